The van der Waals surface area contributed by atoms with Crippen molar-refractivity contribution in [3.63, 3.8) is 0 Å². The van der Waals surface area contributed by atoms with Gasteiger partial charge in [-0.1, -0.05) is 43.7 Å². The number of hydrogen-bond acceptors (Lipinski definition) is 2. The lowest BCUT2D eigenvalue weighted by Crippen LogP contribution is -2.38. The first-order chi connectivity index (χ1) is 9.74. The van der Waals surface area contributed by atoms with E-state index < -0.39 is 0 Å². The van der Waals surface area contributed by atoms with Crippen LogP contribution in [0, 0.1) is 5.92 Å². The maximum atomic E-state index is 12.4. The predicted molar refractivity (Wildman–Crippen MR) is 82.3 cm³/mol. The SMILES string of the molecule is CCC(CN)CC(=O)N1CCCC1Cc1ccccc1. The van der Waals surface area contributed by atoms with Gasteiger partial charge in [-0.15, -0.1) is 0 Å². The molecular formula is C17H26N2O. The minimum absolute atomic E-state index is 0.292. The quantitative estimate of drug-likeness (QED) is 0.866. The van der Waals surface area contributed by atoms with Gasteiger partial charge in [-0.25, -0.2) is 0 Å². The van der Waals surface area contributed by atoms with E-state index in [2.05, 4.69) is 36.1 Å². The molecular weight excluding hydrogens is 248 g/mol. The summed E-state index contributed by atoms with van der Waals surface area (Å²) in [4.78, 5) is 14.5. The van der Waals surface area contributed by atoms with Gasteiger partial charge in [0.25, 0.3) is 0 Å². The van der Waals surface area contributed by atoms with Crippen LogP contribution < -0.4 is 5.73 Å². The van der Waals surface area contributed by atoms with Crippen molar-refractivity contribution in [2.45, 2.75) is 45.1 Å². The van der Waals surface area contributed by atoms with Crippen molar-refractivity contribution in [3.05, 3.63) is 35.9 Å². The summed E-state index contributed by atoms with van der Waals surface area (Å²) in [5.41, 5.74) is 7.04. The van der Waals surface area contributed by atoms with E-state index in [1.165, 1.54) is 5.56 Å². The summed E-state index contributed by atoms with van der Waals surface area (Å²) in [5.74, 6) is 0.626. The van der Waals surface area contributed by atoms with Crippen molar-refractivity contribution in [1.82, 2.24) is 4.90 Å². The van der Waals surface area contributed by atoms with Gasteiger partial charge >= 0.3 is 0 Å². The molecule has 1 saturated heterocycles. The first-order valence-corrected chi connectivity index (χ1v) is 7.78. The monoisotopic (exact) mass is 274 g/mol. The number of carbonyl (C=O) groups is 1. The van der Waals surface area contributed by atoms with Crippen molar-refractivity contribution in [2.24, 2.45) is 11.7 Å². The molecule has 3 nitrogen and oxygen atoms in total. The predicted octanol–water partition coefficient (Wildman–Crippen LogP) is 2.60. The summed E-state index contributed by atoms with van der Waals surface area (Å²) < 4.78 is 0. The van der Waals surface area contributed by atoms with Crippen LogP contribution >= 0.6 is 0 Å². The van der Waals surface area contributed by atoms with Crippen LogP contribution in [0.1, 0.15) is 38.2 Å². The Bertz CT molecular complexity index is 414. The molecule has 1 aliphatic rings. The van der Waals surface area contributed by atoms with Crippen LogP contribution in [0.2, 0.25) is 0 Å². The average molecular weight is 274 g/mol. The molecule has 0 saturated carbocycles. The second kappa shape index (κ2) is 7.44. The molecule has 2 N–H and O–H groups in total. The Hall–Kier alpha value is -1.35. The molecule has 2 unspecified atom stereocenters. The van der Waals surface area contributed by atoms with Gasteiger partial charge in [-0.3, -0.25) is 4.79 Å². The van der Waals surface area contributed by atoms with E-state index in [1.807, 2.05) is 6.07 Å². The second-order valence-electron chi connectivity index (χ2n) is 5.79. The molecule has 0 bridgehead atoms. The largest absolute Gasteiger partial charge is 0.339 e. The molecule has 2 atom stereocenters. The standard InChI is InChI=1S/C17H26N2O/c1-2-14(13-18)12-17(20)19-10-6-9-16(19)11-15-7-4-3-5-8-15/h3-5,7-8,14,16H,2,6,9-13,18H2,1H3. The highest BCUT2D eigenvalue weighted by Crippen LogP contribution is 2.23. The Labute approximate surface area is 122 Å². The highest BCUT2D eigenvalue weighted by Gasteiger charge is 2.29. The number of likely N-dealkylation sites (tertiary alicyclic amines) is 1. The van der Waals surface area contributed by atoms with Gasteiger partial charge in [0.1, 0.15) is 0 Å². The minimum atomic E-state index is 0.292. The number of benzene rings is 1. The Kier molecular flexibility index (Phi) is 5.60. The molecule has 0 spiro atoms. The van der Waals surface area contributed by atoms with Crippen LogP contribution in [-0.4, -0.2) is 29.9 Å². The molecule has 1 aromatic carbocycles. The lowest BCUT2D eigenvalue weighted by Gasteiger charge is -2.26. The molecule has 20 heavy (non-hydrogen) atoms. The van der Waals surface area contributed by atoms with E-state index in [1.54, 1.807) is 0 Å². The van der Waals surface area contributed by atoms with E-state index >= 15 is 0 Å². The van der Waals surface area contributed by atoms with Gasteiger partial charge in [-0.05, 0) is 37.3 Å². The molecule has 0 aliphatic carbocycles. The maximum Gasteiger partial charge on any atom is 0.223 e. The smallest absolute Gasteiger partial charge is 0.223 e. The molecule has 0 radical (unpaired) electrons. The van der Waals surface area contributed by atoms with Gasteiger partial charge in [0.2, 0.25) is 5.91 Å². The summed E-state index contributed by atoms with van der Waals surface area (Å²) in [6.07, 6.45) is 4.83. The Morgan fingerprint density at radius 1 is 1.40 bits per heavy atom. The maximum absolute atomic E-state index is 12.4. The van der Waals surface area contributed by atoms with Crippen LogP contribution in [0.4, 0.5) is 0 Å². The highest BCUT2D eigenvalue weighted by molar-refractivity contribution is 5.77. The lowest BCUT2D eigenvalue weighted by atomic mass is 10.0. The summed E-state index contributed by atoms with van der Waals surface area (Å²) in [6, 6.07) is 10.8. The molecule has 1 amide bonds. The number of amides is 1. The zero-order valence-corrected chi connectivity index (χ0v) is 12.4. The Balaban J connectivity index is 1.95. The fourth-order valence-electron chi connectivity index (χ4n) is 3.02. The lowest BCUT2D eigenvalue weighted by molar-refractivity contribution is -0.133. The number of hydrogen-bond donors (Lipinski definition) is 1. The zero-order chi connectivity index (χ0) is 14.4. The molecule has 1 aliphatic heterocycles. The third-order valence-electron chi connectivity index (χ3n) is 4.39. The van der Waals surface area contributed by atoms with Crippen molar-refractivity contribution in [2.75, 3.05) is 13.1 Å². The van der Waals surface area contributed by atoms with Crippen LogP contribution in [0.5, 0.6) is 0 Å². The normalized spacial score (nSPS) is 20.1. The van der Waals surface area contributed by atoms with E-state index in [-0.39, 0.29) is 0 Å². The number of nitrogens with zero attached hydrogens (tertiary/aromatic N) is 1. The van der Waals surface area contributed by atoms with Gasteiger partial charge in [-0.2, -0.15) is 0 Å². The van der Waals surface area contributed by atoms with E-state index in [9.17, 15) is 4.79 Å². The third kappa shape index (κ3) is 3.83. The van der Waals surface area contributed by atoms with E-state index in [0.29, 0.717) is 30.8 Å². The minimum Gasteiger partial charge on any atom is -0.339 e. The van der Waals surface area contributed by atoms with Crippen LogP contribution in [0.3, 0.4) is 0 Å². The fraction of sp³-hybridized carbons (Fsp3) is 0.588. The molecule has 0 aromatic heterocycles. The van der Waals surface area contributed by atoms with Gasteiger partial charge in [0.15, 0.2) is 0 Å². The summed E-state index contributed by atoms with van der Waals surface area (Å²) in [7, 11) is 0. The number of carbonyl (C=O) groups excluding carboxylic acids is 1. The first kappa shape index (κ1) is 15.0. The Morgan fingerprint density at radius 3 is 2.80 bits per heavy atom. The molecule has 1 aromatic rings. The van der Waals surface area contributed by atoms with Crippen molar-refractivity contribution < 1.29 is 4.79 Å². The highest BCUT2D eigenvalue weighted by atomic mass is 16.2. The number of nitrogens with two attached hydrogens (primary N) is 1. The van der Waals surface area contributed by atoms with Crippen molar-refractivity contribution in [1.29, 1.82) is 0 Å². The van der Waals surface area contributed by atoms with E-state index in [0.717, 1.165) is 32.2 Å². The molecule has 1 fully saturated rings. The summed E-state index contributed by atoms with van der Waals surface area (Å²) in [5, 5.41) is 0. The van der Waals surface area contributed by atoms with Gasteiger partial charge in [0, 0.05) is 19.0 Å². The summed E-state index contributed by atoms with van der Waals surface area (Å²) in [6.45, 7) is 3.63. The van der Waals surface area contributed by atoms with Crippen molar-refractivity contribution >= 4 is 5.91 Å². The van der Waals surface area contributed by atoms with Crippen LogP contribution in [0.15, 0.2) is 30.3 Å². The Morgan fingerprint density at radius 2 is 2.15 bits per heavy atom. The van der Waals surface area contributed by atoms with Gasteiger partial charge < -0.3 is 10.6 Å². The van der Waals surface area contributed by atoms with Crippen LogP contribution in [0.25, 0.3) is 0 Å². The molecule has 1 heterocycles. The molecule has 3 heteroatoms. The van der Waals surface area contributed by atoms with Gasteiger partial charge in [0.05, 0.1) is 0 Å². The fourth-order valence-corrected chi connectivity index (χ4v) is 3.02. The number of rotatable bonds is 6. The summed E-state index contributed by atoms with van der Waals surface area (Å²) >= 11 is 0. The zero-order valence-electron chi connectivity index (χ0n) is 12.4. The van der Waals surface area contributed by atoms with Crippen molar-refractivity contribution in [3.8, 4) is 0 Å². The average Bonchev–Trinajstić information content (AvgIpc) is 2.94. The van der Waals surface area contributed by atoms with Crippen LogP contribution in [-0.2, 0) is 11.2 Å². The first-order valence-electron chi connectivity index (χ1n) is 7.78. The third-order valence-corrected chi connectivity index (χ3v) is 4.39. The molecule has 2 rings (SSSR count). The molecule has 110 valence electrons. The topological polar surface area (TPSA) is 46.3 Å². The van der Waals surface area contributed by atoms with E-state index in [4.69, 9.17) is 5.73 Å². The second-order valence-corrected chi connectivity index (χ2v) is 5.79.